The second-order valence-electron chi connectivity index (χ2n) is 4.56. The highest BCUT2D eigenvalue weighted by Gasteiger charge is 2.41. The maximum absolute atomic E-state index is 5.86. The van der Waals surface area contributed by atoms with Crippen LogP contribution in [0.3, 0.4) is 0 Å². The van der Waals surface area contributed by atoms with Crippen LogP contribution in [0.5, 0.6) is 0 Å². The van der Waals surface area contributed by atoms with Crippen molar-refractivity contribution in [3.8, 4) is 0 Å². The second kappa shape index (κ2) is 13.9. The van der Waals surface area contributed by atoms with E-state index in [0.29, 0.717) is 24.7 Å². The van der Waals surface area contributed by atoms with Crippen molar-refractivity contribution in [2.45, 2.75) is 57.5 Å². The zero-order valence-corrected chi connectivity index (χ0v) is 19.1. The molecule has 1 unspecified atom stereocenters. The van der Waals surface area contributed by atoms with Crippen LogP contribution in [-0.4, -0.2) is 50.8 Å². The molecule has 0 saturated heterocycles. The van der Waals surface area contributed by atoms with Gasteiger partial charge in [0.2, 0.25) is 0 Å². The van der Waals surface area contributed by atoms with Gasteiger partial charge in [-0.25, -0.2) is 0 Å². The number of rotatable bonds is 14. The topological polar surface area (TPSA) is 27.7 Å². The molecule has 0 amide bonds. The minimum Gasteiger partial charge on any atom is -0.366 e. The molecular formula is C12H32O3S2Si3. The molecule has 0 aliphatic rings. The summed E-state index contributed by atoms with van der Waals surface area (Å²) in [6.07, 6.45) is 2.61. The third kappa shape index (κ3) is 10.0. The van der Waals surface area contributed by atoms with E-state index < -0.39 is 7.95 Å². The largest absolute Gasteiger partial charge is 0.566 e. The lowest BCUT2D eigenvalue weighted by atomic mass is 10.6. The van der Waals surface area contributed by atoms with Gasteiger partial charge in [-0.1, -0.05) is 25.4 Å². The molecule has 0 aromatic carbocycles. The van der Waals surface area contributed by atoms with Crippen molar-refractivity contribution >= 4 is 49.4 Å². The van der Waals surface area contributed by atoms with Gasteiger partial charge in [0.1, 0.15) is 0 Å². The molecule has 20 heavy (non-hydrogen) atoms. The molecule has 0 aliphatic carbocycles. The van der Waals surface area contributed by atoms with E-state index in [4.69, 9.17) is 13.3 Å². The Morgan fingerprint density at radius 3 is 2.00 bits per heavy atom. The minimum atomic E-state index is -2.41. The molecule has 0 bridgehead atoms. The zero-order valence-electron chi connectivity index (χ0n) is 13.5. The third-order valence-electron chi connectivity index (χ3n) is 2.90. The second-order valence-corrected chi connectivity index (χ2v) is 17.7. The predicted molar refractivity (Wildman–Crippen MR) is 103 cm³/mol. The van der Waals surface area contributed by atoms with Crippen molar-refractivity contribution < 1.29 is 13.3 Å². The van der Waals surface area contributed by atoms with Gasteiger partial charge in [-0.2, -0.15) is 12.6 Å². The Morgan fingerprint density at radius 1 is 1.00 bits per heavy atom. The van der Waals surface area contributed by atoms with Gasteiger partial charge in [0.15, 0.2) is 0 Å². The quantitative estimate of drug-likeness (QED) is 0.288. The van der Waals surface area contributed by atoms with Crippen LogP contribution in [0, 0.1) is 0 Å². The highest BCUT2D eigenvalue weighted by molar-refractivity contribution is 8.43. The molecule has 0 spiro atoms. The highest BCUT2D eigenvalue weighted by Crippen LogP contribution is 2.25. The van der Waals surface area contributed by atoms with Crippen LogP contribution in [0.1, 0.15) is 40.5 Å². The van der Waals surface area contributed by atoms with Gasteiger partial charge >= 0.3 is 7.95 Å². The summed E-state index contributed by atoms with van der Waals surface area (Å²) in [5.41, 5.74) is 0. The van der Waals surface area contributed by atoms with Crippen LogP contribution in [0.25, 0.3) is 0 Å². The summed E-state index contributed by atoms with van der Waals surface area (Å²) in [6, 6.07) is 2.80. The summed E-state index contributed by atoms with van der Waals surface area (Å²) in [5, 5.41) is 0. The smallest absolute Gasteiger partial charge is 0.366 e. The molecule has 0 aromatic rings. The fraction of sp³-hybridized carbons (Fsp3) is 1.00. The average molecular weight is 373 g/mol. The maximum atomic E-state index is 5.86. The lowest BCUT2D eigenvalue weighted by molar-refractivity contribution is 0.0970. The molecule has 3 nitrogen and oxygen atoms in total. The Balaban J connectivity index is 3.94. The molecule has 0 rings (SSSR count). The van der Waals surface area contributed by atoms with Gasteiger partial charge in [0, 0.05) is 29.3 Å². The normalized spacial score (nSPS) is 14.8. The summed E-state index contributed by atoms with van der Waals surface area (Å²) in [6.45, 7) is 10.3. The highest BCUT2D eigenvalue weighted by atomic mass is 32.5. The lowest BCUT2D eigenvalue weighted by Crippen LogP contribution is -2.43. The first kappa shape index (κ1) is 21.2. The SMILES string of the molecule is CCO[Si](OCC)(OCC)S[SiH2]CCC[SiH2]C(S)CC. The Labute approximate surface area is 140 Å². The number of hydrogen-bond donors (Lipinski definition) is 1. The van der Waals surface area contributed by atoms with Gasteiger partial charge < -0.3 is 13.3 Å². The first-order valence-corrected chi connectivity index (χ1v) is 16.4. The van der Waals surface area contributed by atoms with Crippen LogP contribution in [0.2, 0.25) is 12.1 Å². The van der Waals surface area contributed by atoms with E-state index in [1.807, 2.05) is 31.4 Å². The lowest BCUT2D eigenvalue weighted by Gasteiger charge is -2.27. The molecule has 8 heteroatoms. The van der Waals surface area contributed by atoms with Crippen molar-refractivity contribution in [3.05, 3.63) is 0 Å². The molecule has 0 N–H and O–H groups in total. The minimum absolute atomic E-state index is 0.0395. The molecule has 0 saturated carbocycles. The summed E-state index contributed by atoms with van der Waals surface area (Å²) >= 11 is 4.60. The van der Waals surface area contributed by atoms with Crippen LogP contribution < -0.4 is 0 Å². The maximum Gasteiger partial charge on any atom is 0.566 e. The molecule has 0 radical (unpaired) electrons. The fourth-order valence-corrected chi connectivity index (χ4v) is 16.5. The Bertz CT molecular complexity index is 209. The van der Waals surface area contributed by atoms with Crippen LogP contribution in [-0.2, 0) is 13.3 Å². The summed E-state index contributed by atoms with van der Waals surface area (Å²) in [5.74, 6) is 0. The first-order valence-electron chi connectivity index (χ1n) is 7.87. The number of thiol groups is 1. The summed E-state index contributed by atoms with van der Waals surface area (Å²) in [7, 11) is -0.660. The standard InChI is InChI=1S/C12H32O3S2Si3/c1-5-12(16)18-10-9-11-19-17-20(13-6-2,14-7-3)15-8-4/h12,16H,5-11,18-19H2,1-4H3. The Kier molecular flexibility index (Phi) is 14.7. The van der Waals surface area contributed by atoms with E-state index in [1.165, 1.54) is 24.9 Å². The van der Waals surface area contributed by atoms with Crippen molar-refractivity contribution in [2.24, 2.45) is 0 Å². The molecule has 1 atom stereocenters. The third-order valence-corrected chi connectivity index (χ3v) is 18.1. The van der Waals surface area contributed by atoms with Crippen molar-refractivity contribution in [1.82, 2.24) is 0 Å². The van der Waals surface area contributed by atoms with Gasteiger partial charge in [-0.05, 0) is 32.1 Å². The van der Waals surface area contributed by atoms with E-state index in [9.17, 15) is 0 Å². The molecule has 0 fully saturated rings. The van der Waals surface area contributed by atoms with Gasteiger partial charge in [-0.3, -0.25) is 0 Å². The predicted octanol–water partition coefficient (Wildman–Crippen LogP) is 2.41. The molecule has 122 valence electrons. The van der Waals surface area contributed by atoms with Crippen molar-refractivity contribution in [3.63, 3.8) is 0 Å². The van der Waals surface area contributed by atoms with Crippen LogP contribution in [0.4, 0.5) is 0 Å². The van der Waals surface area contributed by atoms with E-state index in [-0.39, 0.29) is 18.2 Å². The van der Waals surface area contributed by atoms with E-state index >= 15 is 0 Å². The average Bonchev–Trinajstić information content (AvgIpc) is 2.43. The molecule has 0 heterocycles. The first-order chi connectivity index (χ1) is 9.64. The Morgan fingerprint density at radius 2 is 1.55 bits per heavy atom. The monoisotopic (exact) mass is 372 g/mol. The van der Waals surface area contributed by atoms with E-state index in [1.54, 1.807) is 0 Å². The van der Waals surface area contributed by atoms with Crippen LogP contribution >= 0.6 is 23.3 Å². The summed E-state index contributed by atoms with van der Waals surface area (Å²) in [4.78, 5) is 0.716. The van der Waals surface area contributed by atoms with E-state index in [0.717, 1.165) is 0 Å². The molecule has 0 aliphatic heterocycles. The Hall–Kier alpha value is 1.23. The zero-order chi connectivity index (χ0) is 15.3. The van der Waals surface area contributed by atoms with Gasteiger partial charge in [0.05, 0.1) is 8.67 Å². The van der Waals surface area contributed by atoms with E-state index in [2.05, 4.69) is 19.6 Å². The van der Waals surface area contributed by atoms with Gasteiger partial charge in [-0.15, -0.1) is 10.7 Å². The molecular weight excluding hydrogens is 341 g/mol. The summed E-state index contributed by atoms with van der Waals surface area (Å²) < 4.78 is 17.6. The van der Waals surface area contributed by atoms with Gasteiger partial charge in [0.25, 0.3) is 0 Å². The van der Waals surface area contributed by atoms with Crippen LogP contribution in [0.15, 0.2) is 0 Å². The molecule has 0 aromatic heterocycles. The number of hydrogen-bond acceptors (Lipinski definition) is 5. The fourth-order valence-electron chi connectivity index (χ4n) is 1.84. The van der Waals surface area contributed by atoms with Crippen molar-refractivity contribution in [1.29, 1.82) is 0 Å². The van der Waals surface area contributed by atoms with Crippen molar-refractivity contribution in [2.75, 3.05) is 19.8 Å².